The Bertz CT molecular complexity index is 1280. The van der Waals surface area contributed by atoms with Crippen molar-refractivity contribution in [1.29, 1.82) is 0 Å². The average Bonchev–Trinajstić information content (AvgIpc) is 3.42. The van der Waals surface area contributed by atoms with Gasteiger partial charge in [-0.25, -0.2) is 0 Å². The molecule has 0 spiro atoms. The summed E-state index contributed by atoms with van der Waals surface area (Å²) < 4.78 is 10.9. The van der Waals surface area contributed by atoms with Crippen molar-refractivity contribution < 1.29 is 14.3 Å². The number of nitrogens with zero attached hydrogens (tertiary/aromatic N) is 1. The van der Waals surface area contributed by atoms with Crippen molar-refractivity contribution in [2.24, 2.45) is 0 Å². The maximum atomic E-state index is 13.5. The molecule has 162 valence electrons. The van der Waals surface area contributed by atoms with Gasteiger partial charge in [0.15, 0.2) is 11.5 Å². The summed E-state index contributed by atoms with van der Waals surface area (Å²) in [5, 5.41) is 2.06. The number of hydrogen-bond donors (Lipinski definition) is 1. The minimum atomic E-state index is -0.0667. The van der Waals surface area contributed by atoms with Crippen LogP contribution in [-0.4, -0.2) is 22.6 Å². The normalized spacial score (nSPS) is 12.3. The molecule has 1 aliphatic heterocycles. The maximum absolute atomic E-state index is 13.5. The van der Waals surface area contributed by atoms with E-state index in [4.69, 9.17) is 32.7 Å². The van der Waals surface area contributed by atoms with E-state index in [-0.39, 0.29) is 19.1 Å². The van der Waals surface area contributed by atoms with Gasteiger partial charge in [-0.1, -0.05) is 53.5 Å². The Morgan fingerprint density at radius 2 is 1.72 bits per heavy atom. The van der Waals surface area contributed by atoms with Crippen molar-refractivity contribution >= 4 is 40.0 Å². The maximum Gasteiger partial charge on any atom is 0.231 e. The number of amides is 1. The molecule has 0 fully saturated rings. The number of nitrogens with one attached hydrogen (secondary N) is 1. The second-order valence-corrected chi connectivity index (χ2v) is 8.49. The molecular formula is C25H20Cl2N2O3. The number of fused-ring (bicyclic) bond motifs is 2. The van der Waals surface area contributed by atoms with Crippen LogP contribution in [-0.2, 0) is 24.3 Å². The standard InChI is InChI=1S/C25H20Cl2N2O3/c26-20-5-3-6-21(27)19(20)11-25(30)29(13-16-8-9-23-24(10-16)32-15-31-23)14-17-12-28-22-7-2-1-4-18(17)22/h1-10,12,28H,11,13-15H2. The summed E-state index contributed by atoms with van der Waals surface area (Å²) in [6, 6.07) is 19.1. The molecule has 2 heterocycles. The summed E-state index contributed by atoms with van der Waals surface area (Å²) >= 11 is 12.7. The monoisotopic (exact) mass is 466 g/mol. The van der Waals surface area contributed by atoms with Crippen LogP contribution >= 0.6 is 23.2 Å². The molecule has 4 aromatic rings. The second-order valence-electron chi connectivity index (χ2n) is 7.67. The molecule has 5 nitrogen and oxygen atoms in total. The Morgan fingerprint density at radius 3 is 2.56 bits per heavy atom. The van der Waals surface area contributed by atoms with Gasteiger partial charge in [0.2, 0.25) is 12.7 Å². The molecule has 1 N–H and O–H groups in total. The number of aromatic nitrogens is 1. The topological polar surface area (TPSA) is 54.6 Å². The number of para-hydroxylation sites is 1. The van der Waals surface area contributed by atoms with Gasteiger partial charge in [-0.05, 0) is 47.0 Å². The summed E-state index contributed by atoms with van der Waals surface area (Å²) in [6.07, 6.45) is 2.07. The Morgan fingerprint density at radius 1 is 0.938 bits per heavy atom. The van der Waals surface area contributed by atoms with Crippen LogP contribution in [0.4, 0.5) is 0 Å². The molecule has 1 aliphatic rings. The quantitative estimate of drug-likeness (QED) is 0.380. The number of halogens is 2. The minimum Gasteiger partial charge on any atom is -0.454 e. The van der Waals surface area contributed by atoms with Crippen LogP contribution in [0.5, 0.6) is 11.5 Å². The molecule has 0 atom stereocenters. The number of hydrogen-bond acceptors (Lipinski definition) is 3. The molecule has 0 unspecified atom stereocenters. The minimum absolute atomic E-state index is 0.0667. The van der Waals surface area contributed by atoms with Crippen molar-refractivity contribution in [1.82, 2.24) is 9.88 Å². The molecule has 3 aromatic carbocycles. The van der Waals surface area contributed by atoms with Crippen molar-refractivity contribution in [3.63, 3.8) is 0 Å². The molecule has 32 heavy (non-hydrogen) atoms. The SMILES string of the molecule is O=C(Cc1c(Cl)cccc1Cl)N(Cc1ccc2c(c1)OCO2)Cc1c[nH]c2ccccc12. The average molecular weight is 467 g/mol. The zero-order valence-corrected chi connectivity index (χ0v) is 18.6. The molecule has 0 aliphatic carbocycles. The van der Waals surface area contributed by atoms with Crippen molar-refractivity contribution in [2.75, 3.05) is 6.79 Å². The first-order chi connectivity index (χ1) is 15.6. The van der Waals surface area contributed by atoms with Gasteiger partial charge in [0, 0.05) is 40.2 Å². The lowest BCUT2D eigenvalue weighted by Gasteiger charge is -2.23. The lowest BCUT2D eigenvalue weighted by Crippen LogP contribution is -2.31. The molecule has 5 rings (SSSR count). The molecule has 7 heteroatoms. The number of ether oxygens (including phenoxy) is 2. The molecule has 0 saturated heterocycles. The summed E-state index contributed by atoms with van der Waals surface area (Å²) in [7, 11) is 0. The first-order valence-corrected chi connectivity index (χ1v) is 11.0. The smallest absolute Gasteiger partial charge is 0.231 e. The van der Waals surface area contributed by atoms with E-state index in [9.17, 15) is 4.79 Å². The summed E-state index contributed by atoms with van der Waals surface area (Å²) in [5.41, 5.74) is 3.66. The molecule has 0 radical (unpaired) electrons. The Kier molecular flexibility index (Phi) is 5.68. The Balaban J connectivity index is 1.45. The summed E-state index contributed by atoms with van der Waals surface area (Å²) in [6.45, 7) is 1.07. The van der Waals surface area contributed by atoms with Crippen LogP contribution < -0.4 is 9.47 Å². The predicted molar refractivity (Wildman–Crippen MR) is 125 cm³/mol. The van der Waals surface area contributed by atoms with E-state index in [2.05, 4.69) is 11.1 Å². The Labute approximate surface area is 195 Å². The van der Waals surface area contributed by atoms with Crippen LogP contribution in [0.25, 0.3) is 10.9 Å². The highest BCUT2D eigenvalue weighted by molar-refractivity contribution is 6.36. The van der Waals surface area contributed by atoms with E-state index >= 15 is 0 Å². The van der Waals surface area contributed by atoms with E-state index in [0.717, 1.165) is 22.0 Å². The number of benzene rings is 3. The molecular weight excluding hydrogens is 447 g/mol. The fourth-order valence-corrected chi connectivity index (χ4v) is 4.46. The van der Waals surface area contributed by atoms with Gasteiger partial charge in [0.25, 0.3) is 0 Å². The van der Waals surface area contributed by atoms with E-state index in [1.54, 1.807) is 18.2 Å². The third-order valence-corrected chi connectivity index (χ3v) is 6.30. The van der Waals surface area contributed by atoms with Gasteiger partial charge in [-0.2, -0.15) is 0 Å². The summed E-state index contributed by atoms with van der Waals surface area (Å²) in [5.74, 6) is 1.34. The lowest BCUT2D eigenvalue weighted by atomic mass is 10.1. The van der Waals surface area contributed by atoms with E-state index < -0.39 is 0 Å². The fraction of sp³-hybridized carbons (Fsp3) is 0.160. The number of H-pyrrole nitrogens is 1. The first kappa shape index (κ1) is 20.7. The third-order valence-electron chi connectivity index (χ3n) is 5.59. The van der Waals surface area contributed by atoms with Gasteiger partial charge in [0.05, 0.1) is 6.42 Å². The van der Waals surface area contributed by atoms with Crippen molar-refractivity contribution in [3.05, 3.63) is 93.6 Å². The number of rotatable bonds is 6. The fourth-order valence-electron chi connectivity index (χ4n) is 3.92. The van der Waals surface area contributed by atoms with Crippen LogP contribution in [0, 0.1) is 0 Å². The molecule has 0 bridgehead atoms. The van der Waals surface area contributed by atoms with Crippen molar-refractivity contribution in [2.45, 2.75) is 19.5 Å². The number of carbonyl (C=O) groups excluding carboxylic acids is 1. The first-order valence-electron chi connectivity index (χ1n) is 10.2. The number of aromatic amines is 1. The third kappa shape index (κ3) is 4.14. The van der Waals surface area contributed by atoms with Crippen LogP contribution in [0.3, 0.4) is 0 Å². The molecule has 1 amide bonds. The molecule has 1 aromatic heterocycles. The van der Waals surface area contributed by atoms with Crippen LogP contribution in [0.1, 0.15) is 16.7 Å². The zero-order chi connectivity index (χ0) is 22.1. The highest BCUT2D eigenvalue weighted by Crippen LogP contribution is 2.33. The number of carbonyl (C=O) groups is 1. The predicted octanol–water partition coefficient (Wildman–Crippen LogP) is 5.97. The zero-order valence-electron chi connectivity index (χ0n) is 17.1. The van der Waals surface area contributed by atoms with E-state index in [1.165, 1.54) is 0 Å². The highest BCUT2D eigenvalue weighted by Gasteiger charge is 2.21. The highest BCUT2D eigenvalue weighted by atomic mass is 35.5. The summed E-state index contributed by atoms with van der Waals surface area (Å²) in [4.78, 5) is 18.6. The van der Waals surface area contributed by atoms with Crippen molar-refractivity contribution in [3.8, 4) is 11.5 Å². The largest absolute Gasteiger partial charge is 0.454 e. The van der Waals surface area contributed by atoms with Gasteiger partial charge in [-0.3, -0.25) is 4.79 Å². The van der Waals surface area contributed by atoms with Crippen LogP contribution in [0.15, 0.2) is 66.9 Å². The van der Waals surface area contributed by atoms with Crippen LogP contribution in [0.2, 0.25) is 10.0 Å². The van der Waals surface area contributed by atoms with Gasteiger partial charge < -0.3 is 19.4 Å². The Hall–Kier alpha value is -3.15. The van der Waals surface area contributed by atoms with Gasteiger partial charge in [-0.15, -0.1) is 0 Å². The lowest BCUT2D eigenvalue weighted by molar-refractivity contribution is -0.131. The van der Waals surface area contributed by atoms with Gasteiger partial charge in [0.1, 0.15) is 0 Å². The van der Waals surface area contributed by atoms with E-state index in [1.807, 2.05) is 47.5 Å². The second kappa shape index (κ2) is 8.77. The van der Waals surface area contributed by atoms with Gasteiger partial charge >= 0.3 is 0 Å². The van der Waals surface area contributed by atoms with E-state index in [0.29, 0.717) is 40.2 Å². The molecule has 0 saturated carbocycles.